The first-order chi connectivity index (χ1) is 24.5. The number of hydrogen-bond donors (Lipinski definition) is 4. The lowest BCUT2D eigenvalue weighted by Crippen LogP contribution is -2.74. The molecule has 3 atom stereocenters. The monoisotopic (exact) mass is 750 g/mol. The van der Waals surface area contributed by atoms with Crippen molar-refractivity contribution >= 4 is 74.3 Å². The number of pyridine rings is 1. The number of nitrogens with zero attached hydrogens (tertiary/aromatic N) is 5. The van der Waals surface area contributed by atoms with Crippen LogP contribution in [-0.4, -0.2) is 113 Å². The van der Waals surface area contributed by atoms with Crippen LogP contribution in [-0.2, 0) is 30.5 Å². The zero-order valence-electron chi connectivity index (χ0n) is 26.6. The second kappa shape index (κ2) is 14.6. The number of carboxylic acids is 1. The van der Waals surface area contributed by atoms with E-state index in [1.807, 2.05) is 0 Å². The summed E-state index contributed by atoms with van der Waals surface area (Å²) in [6, 6.07) is -1.98. The van der Waals surface area contributed by atoms with E-state index in [1.54, 1.807) is 0 Å². The van der Waals surface area contributed by atoms with Gasteiger partial charge in [0.25, 0.3) is 5.91 Å². The molecule has 2 aromatic heterocycles. The predicted octanol–water partition coefficient (Wildman–Crippen LogP) is 0.642. The third-order valence-electron chi connectivity index (χ3n) is 8.33. The lowest BCUT2D eigenvalue weighted by atomic mass is 9.98. The molecule has 3 aromatic rings. The van der Waals surface area contributed by atoms with E-state index in [0.717, 1.165) is 44.8 Å². The highest BCUT2D eigenvalue weighted by molar-refractivity contribution is 8.03. The van der Waals surface area contributed by atoms with Gasteiger partial charge >= 0.3 is 11.9 Å². The van der Waals surface area contributed by atoms with E-state index < -0.39 is 89.0 Å². The second-order valence-electron chi connectivity index (χ2n) is 11.3. The summed E-state index contributed by atoms with van der Waals surface area (Å²) in [5.41, 5.74) is 2.93. The summed E-state index contributed by atoms with van der Waals surface area (Å²) in [4.78, 5) is 76.3. The Hall–Kier alpha value is -5.15. The Morgan fingerprint density at radius 1 is 1.24 bits per heavy atom. The van der Waals surface area contributed by atoms with Crippen molar-refractivity contribution in [1.82, 2.24) is 25.1 Å². The number of esters is 1. The molecule has 5 N–H and O–H groups in total. The maximum absolute atomic E-state index is 15.8. The van der Waals surface area contributed by atoms with Crippen LogP contribution in [0.1, 0.15) is 16.1 Å². The minimum Gasteiger partial charge on any atom is -0.479 e. The van der Waals surface area contributed by atoms with E-state index in [-0.39, 0.29) is 46.4 Å². The highest BCUT2D eigenvalue weighted by atomic mass is 32.2. The highest BCUT2D eigenvalue weighted by Crippen LogP contribution is 2.40. The number of fused-ring (bicyclic) bond motifs is 2. The average Bonchev–Trinajstić information content (AvgIpc) is 3.54. The van der Waals surface area contributed by atoms with Gasteiger partial charge in [-0.15, -0.1) is 23.1 Å². The maximum atomic E-state index is 15.8. The van der Waals surface area contributed by atoms with E-state index in [2.05, 4.69) is 20.8 Å². The summed E-state index contributed by atoms with van der Waals surface area (Å²) < 4.78 is 51.0. The zero-order chi connectivity index (χ0) is 36.6. The number of amides is 2. The number of rotatable bonds is 11. The van der Waals surface area contributed by atoms with Crippen LogP contribution < -0.4 is 26.7 Å². The summed E-state index contributed by atoms with van der Waals surface area (Å²) in [6.45, 7) is -0.675. The number of anilines is 2. The number of carbonyl (C=O) groups excluding carboxylic acids is 3. The van der Waals surface area contributed by atoms with Gasteiger partial charge in [-0.05, 0) is 11.5 Å². The summed E-state index contributed by atoms with van der Waals surface area (Å²) >= 11 is 2.02. The molecule has 0 bridgehead atoms. The van der Waals surface area contributed by atoms with E-state index in [9.17, 15) is 33.5 Å². The second-order valence-corrected chi connectivity index (χ2v) is 13.2. The number of halogens is 3. The Bertz CT molecular complexity index is 2050. The summed E-state index contributed by atoms with van der Waals surface area (Å²) in [5, 5.41) is 20.9. The number of nitrogen functional groups attached to an aromatic ring is 1. The van der Waals surface area contributed by atoms with Crippen molar-refractivity contribution < 1.29 is 47.0 Å². The van der Waals surface area contributed by atoms with Gasteiger partial charge in [-0.3, -0.25) is 14.4 Å². The topological polar surface area (TPSA) is 211 Å². The molecule has 0 saturated carbocycles. The number of hydrogen-bond acceptors (Lipinski definition) is 14. The largest absolute Gasteiger partial charge is 0.479 e. The molecule has 3 aliphatic rings. The highest BCUT2D eigenvalue weighted by Gasteiger charge is 2.56. The third-order valence-corrected chi connectivity index (χ3v) is 10.2. The molecule has 6 rings (SSSR count). The molecule has 21 heteroatoms. The maximum Gasteiger partial charge on any atom is 0.343 e. The first-order valence-corrected chi connectivity index (χ1v) is 17.1. The number of nitrogens with one attached hydrogen (secondary N) is 2. The van der Waals surface area contributed by atoms with Crippen LogP contribution in [0.2, 0.25) is 0 Å². The van der Waals surface area contributed by atoms with Crippen molar-refractivity contribution in [3.63, 3.8) is 0 Å². The lowest BCUT2D eigenvalue weighted by Gasteiger charge is -2.51. The minimum absolute atomic E-state index is 0.0440. The van der Waals surface area contributed by atoms with Crippen molar-refractivity contribution in [2.75, 3.05) is 57.2 Å². The van der Waals surface area contributed by atoms with Gasteiger partial charge < -0.3 is 45.4 Å². The van der Waals surface area contributed by atoms with Crippen molar-refractivity contribution in [2.24, 2.45) is 5.16 Å². The number of aryl methyl sites for hydroxylation is 1. The molecule has 16 nitrogen and oxygen atoms in total. The number of alkyl halides is 1. The first-order valence-electron chi connectivity index (χ1n) is 15.2. The molecule has 2 unspecified atom stereocenters. The van der Waals surface area contributed by atoms with Crippen LogP contribution in [0.15, 0.2) is 38.6 Å². The average molecular weight is 751 g/mol. The Balaban J connectivity index is 1.21. The minimum atomic E-state index is -1.61. The van der Waals surface area contributed by atoms with Crippen molar-refractivity contribution in [3.8, 4) is 0 Å². The number of aliphatic carboxylic acids is 1. The van der Waals surface area contributed by atoms with Gasteiger partial charge in [0.05, 0.1) is 17.4 Å². The quantitative estimate of drug-likeness (QED) is 0.0919. The van der Waals surface area contributed by atoms with Gasteiger partial charge in [0.2, 0.25) is 11.3 Å². The molecule has 0 radical (unpaired) electrons. The Kier molecular flexibility index (Phi) is 10.2. The molecule has 51 heavy (non-hydrogen) atoms. The van der Waals surface area contributed by atoms with E-state index in [1.165, 1.54) is 22.8 Å². The Labute approximate surface area is 294 Å². The number of β-lactam (4-membered cyclic amide) rings is 1. The zero-order valence-corrected chi connectivity index (χ0v) is 28.2. The number of thioether (sulfide) groups is 1. The number of carbonyl (C=O) groups is 4. The molecule has 2 amide bonds. The van der Waals surface area contributed by atoms with Gasteiger partial charge in [-0.25, -0.2) is 27.7 Å². The van der Waals surface area contributed by atoms with Crippen molar-refractivity contribution in [3.05, 3.63) is 61.7 Å². The number of nitrogens with two attached hydrogens (primary N) is 1. The van der Waals surface area contributed by atoms with Gasteiger partial charge in [-0.1, -0.05) is 5.16 Å². The van der Waals surface area contributed by atoms with E-state index >= 15 is 8.78 Å². The fraction of sp³-hybridized carbons (Fsp3) is 0.367. The van der Waals surface area contributed by atoms with E-state index in [0.29, 0.717) is 13.1 Å². The number of oxime groups is 1. The molecular weight excluding hydrogens is 722 g/mol. The molecule has 5 heterocycles. The van der Waals surface area contributed by atoms with E-state index in [4.69, 9.17) is 15.3 Å². The van der Waals surface area contributed by atoms with Gasteiger partial charge in [-0.2, -0.15) is 0 Å². The summed E-state index contributed by atoms with van der Waals surface area (Å²) in [7, 11) is 1.20. The molecule has 270 valence electrons. The predicted molar refractivity (Wildman–Crippen MR) is 179 cm³/mol. The van der Waals surface area contributed by atoms with Crippen molar-refractivity contribution in [1.29, 1.82) is 0 Å². The Morgan fingerprint density at radius 2 is 1.98 bits per heavy atom. The van der Waals surface area contributed by atoms with Crippen LogP contribution in [0.4, 0.5) is 24.0 Å². The van der Waals surface area contributed by atoms with Gasteiger partial charge in [0, 0.05) is 43.3 Å². The molecule has 2 fully saturated rings. The fourth-order valence-corrected chi connectivity index (χ4v) is 7.78. The number of ether oxygens (including phenoxy) is 1. The molecular formula is C30H29F3N8O8S2. The number of carboxylic acid groups (broad SMARTS) is 1. The van der Waals surface area contributed by atoms with Crippen LogP contribution >= 0.6 is 23.1 Å². The third kappa shape index (κ3) is 6.58. The van der Waals surface area contributed by atoms with Crippen LogP contribution in [0.5, 0.6) is 0 Å². The smallest absolute Gasteiger partial charge is 0.343 e. The van der Waals surface area contributed by atoms with Crippen LogP contribution in [0, 0.1) is 11.6 Å². The van der Waals surface area contributed by atoms with Gasteiger partial charge in [0.15, 0.2) is 22.7 Å². The fourth-order valence-electron chi connectivity index (χ4n) is 6.02. The summed E-state index contributed by atoms with van der Waals surface area (Å²) in [5.74, 6) is -6.45. The Morgan fingerprint density at radius 3 is 2.63 bits per heavy atom. The van der Waals surface area contributed by atoms with Crippen molar-refractivity contribution in [2.45, 2.75) is 24.0 Å². The standard InChI is InChI=1S/C30H29F3N8O8S2/c1-48-38-19(17-12-51-30(34)36-17)25(43)37-20-26(44)41-21(28(45)46)13(11-50-27(20)41)10-49-29(47)15-9-40(5-2-31)22-14(24(15)42)8-16(32)23(18(22)33)39-6-3-35-4-7-39/h8-9,11-12,20-21,27,35H,2-7,10H2,1H3,(H2,34,36)(H,37,43)(H,45,46)/b38-19+/t20?,21?,27-/m1/s1. The SMILES string of the molecule is CO/N=C(/C(=O)NC1C(=O)N2C(C(=O)O)C(COC(=O)c3cn(CCF)c4c(F)c(N5CCNCC5)c(F)cc4c3=O)=CS[C@H]12)c1csc(N)n1. The molecule has 0 aliphatic carbocycles. The normalized spacial score (nSPS) is 20.4. The molecule has 1 aromatic carbocycles. The molecule has 0 spiro atoms. The number of aromatic nitrogens is 2. The van der Waals surface area contributed by atoms with Crippen LogP contribution in [0.25, 0.3) is 10.9 Å². The number of benzene rings is 1. The number of piperazine rings is 1. The lowest BCUT2D eigenvalue weighted by molar-refractivity contribution is -0.160. The molecule has 2 saturated heterocycles. The first kappa shape index (κ1) is 35.7. The number of thiazole rings is 1. The van der Waals surface area contributed by atoms with Crippen LogP contribution in [0.3, 0.4) is 0 Å². The van der Waals surface area contributed by atoms with Gasteiger partial charge in [0.1, 0.15) is 54.6 Å². The molecule has 3 aliphatic heterocycles. The summed E-state index contributed by atoms with van der Waals surface area (Å²) in [6.07, 6.45) is 0.914.